The van der Waals surface area contributed by atoms with E-state index in [1.807, 2.05) is 6.07 Å². The molecule has 0 bridgehead atoms. The van der Waals surface area contributed by atoms with Crippen molar-refractivity contribution in [3.8, 4) is 17.6 Å². The summed E-state index contributed by atoms with van der Waals surface area (Å²) in [6.07, 6.45) is 2.48. The van der Waals surface area contributed by atoms with Gasteiger partial charge in [-0.3, -0.25) is 10.0 Å². The SMILES string of the molecule is N#Cc1cc(/C(N)=C/N(N)c2ccc(C(=O)O)c(O)c2)nc(/C(N)=C/N(N)c2ccc(C(=O)O)c(O)c2)c1. The highest BCUT2D eigenvalue weighted by atomic mass is 16.4. The number of benzene rings is 2. The van der Waals surface area contributed by atoms with Gasteiger partial charge in [0, 0.05) is 24.5 Å². The molecule has 2 aromatic carbocycles. The Morgan fingerprint density at radius 3 is 1.50 bits per heavy atom. The van der Waals surface area contributed by atoms with Crippen molar-refractivity contribution in [3.05, 3.63) is 89.0 Å². The first-order valence-corrected chi connectivity index (χ1v) is 10.5. The lowest BCUT2D eigenvalue weighted by Crippen LogP contribution is -2.26. The van der Waals surface area contributed by atoms with Crippen LogP contribution in [0, 0.1) is 11.3 Å². The molecule has 0 saturated heterocycles. The highest BCUT2D eigenvalue weighted by Gasteiger charge is 2.14. The van der Waals surface area contributed by atoms with E-state index >= 15 is 0 Å². The van der Waals surface area contributed by atoms with E-state index in [0.29, 0.717) is 0 Å². The third-order valence-corrected chi connectivity index (χ3v) is 5.12. The van der Waals surface area contributed by atoms with Crippen LogP contribution in [0.3, 0.4) is 0 Å². The maximum absolute atomic E-state index is 11.1. The molecule has 12 N–H and O–H groups in total. The number of carbonyl (C=O) groups is 2. The smallest absolute Gasteiger partial charge is 0.339 e. The van der Waals surface area contributed by atoms with Gasteiger partial charge >= 0.3 is 11.9 Å². The Labute approximate surface area is 215 Å². The van der Waals surface area contributed by atoms with E-state index in [2.05, 4.69) is 4.98 Å². The van der Waals surface area contributed by atoms with Gasteiger partial charge in [-0.1, -0.05) is 0 Å². The molecule has 194 valence electrons. The Kier molecular flexibility index (Phi) is 7.67. The van der Waals surface area contributed by atoms with Gasteiger partial charge in [-0.2, -0.15) is 5.26 Å². The van der Waals surface area contributed by atoms with E-state index in [1.54, 1.807) is 0 Å². The first-order chi connectivity index (χ1) is 17.9. The van der Waals surface area contributed by atoms with Crippen molar-refractivity contribution >= 4 is 34.7 Å². The number of hydrogen-bond donors (Lipinski definition) is 8. The maximum Gasteiger partial charge on any atom is 0.339 e. The Morgan fingerprint density at radius 2 is 1.18 bits per heavy atom. The van der Waals surface area contributed by atoms with Crippen LogP contribution in [0.5, 0.6) is 11.5 Å². The molecule has 0 atom stereocenters. The Morgan fingerprint density at radius 1 is 0.789 bits per heavy atom. The van der Waals surface area contributed by atoms with Crippen molar-refractivity contribution in [3.63, 3.8) is 0 Å². The number of anilines is 2. The molecule has 0 unspecified atom stereocenters. The Hall–Kier alpha value is -5.78. The number of nitrogens with two attached hydrogens (primary N) is 4. The molecule has 0 aliphatic heterocycles. The maximum atomic E-state index is 11.1. The van der Waals surface area contributed by atoms with E-state index < -0.39 is 23.4 Å². The minimum atomic E-state index is -1.31. The quantitative estimate of drug-likeness (QED) is 0.153. The number of aromatic hydroxyl groups is 2. The Bertz CT molecular complexity index is 1430. The summed E-state index contributed by atoms with van der Waals surface area (Å²) in [5.74, 6) is 8.33. The number of hydrogen-bond acceptors (Lipinski definition) is 12. The third-order valence-electron chi connectivity index (χ3n) is 5.12. The minimum absolute atomic E-state index is 0.000706. The molecular weight excluding hydrogens is 496 g/mol. The molecule has 1 heterocycles. The van der Waals surface area contributed by atoms with Crippen molar-refractivity contribution in [2.75, 3.05) is 10.0 Å². The first kappa shape index (κ1) is 26.8. The summed E-state index contributed by atoms with van der Waals surface area (Å²) in [6.45, 7) is 0. The minimum Gasteiger partial charge on any atom is -0.507 e. The molecule has 0 aliphatic carbocycles. The number of pyridine rings is 1. The van der Waals surface area contributed by atoms with Gasteiger partial charge in [0.05, 0.1) is 45.8 Å². The van der Waals surface area contributed by atoms with E-state index in [1.165, 1.54) is 48.8 Å². The van der Waals surface area contributed by atoms with Crippen LogP contribution in [-0.2, 0) is 0 Å². The van der Waals surface area contributed by atoms with Crippen LogP contribution in [0.4, 0.5) is 11.4 Å². The fraction of sp³-hybridized carbons (Fsp3) is 0. The molecule has 0 radical (unpaired) electrons. The molecular formula is C24H22N8O6. The van der Waals surface area contributed by atoms with Crippen molar-refractivity contribution < 1.29 is 30.0 Å². The van der Waals surface area contributed by atoms with Crippen LogP contribution in [0.15, 0.2) is 60.9 Å². The number of carboxylic acid groups (broad SMARTS) is 2. The van der Waals surface area contributed by atoms with Gasteiger partial charge < -0.3 is 31.9 Å². The van der Waals surface area contributed by atoms with Gasteiger partial charge in [-0.05, 0) is 36.4 Å². The van der Waals surface area contributed by atoms with Crippen LogP contribution in [0.1, 0.15) is 37.7 Å². The fourth-order valence-electron chi connectivity index (χ4n) is 3.19. The Balaban J connectivity index is 1.92. The summed E-state index contributed by atoms with van der Waals surface area (Å²) in [5, 5.41) is 49.4. The molecule has 3 aromatic rings. The number of hydrazine groups is 2. The highest BCUT2D eigenvalue weighted by Crippen LogP contribution is 2.26. The largest absolute Gasteiger partial charge is 0.507 e. The predicted molar refractivity (Wildman–Crippen MR) is 137 cm³/mol. The van der Waals surface area contributed by atoms with Crippen molar-refractivity contribution in [2.24, 2.45) is 23.2 Å². The number of rotatable bonds is 8. The van der Waals surface area contributed by atoms with Gasteiger partial charge in [0.25, 0.3) is 0 Å². The van der Waals surface area contributed by atoms with Crippen LogP contribution in [-0.4, -0.2) is 37.3 Å². The van der Waals surface area contributed by atoms with E-state index in [-0.39, 0.29) is 50.8 Å². The van der Waals surface area contributed by atoms with Gasteiger partial charge in [0.15, 0.2) is 0 Å². The zero-order chi connectivity index (χ0) is 28.1. The molecule has 3 rings (SSSR count). The highest BCUT2D eigenvalue weighted by molar-refractivity contribution is 5.92. The lowest BCUT2D eigenvalue weighted by atomic mass is 10.1. The van der Waals surface area contributed by atoms with E-state index in [4.69, 9.17) is 33.4 Å². The van der Waals surface area contributed by atoms with Gasteiger partial charge in [-0.15, -0.1) is 0 Å². The van der Waals surface area contributed by atoms with E-state index in [0.717, 1.165) is 22.2 Å². The molecule has 0 saturated carbocycles. The van der Waals surface area contributed by atoms with E-state index in [9.17, 15) is 25.1 Å². The number of carboxylic acids is 2. The molecule has 14 nitrogen and oxygen atoms in total. The zero-order valence-electron chi connectivity index (χ0n) is 19.5. The second-order valence-electron chi connectivity index (χ2n) is 7.73. The fourth-order valence-corrected chi connectivity index (χ4v) is 3.19. The van der Waals surface area contributed by atoms with Crippen molar-refractivity contribution in [1.29, 1.82) is 5.26 Å². The van der Waals surface area contributed by atoms with Gasteiger partial charge in [-0.25, -0.2) is 26.3 Å². The molecule has 0 fully saturated rings. The second kappa shape index (κ2) is 10.9. The second-order valence-corrected chi connectivity index (χ2v) is 7.73. The summed E-state index contributed by atoms with van der Waals surface area (Å²) in [6, 6.07) is 12.0. The lowest BCUT2D eigenvalue weighted by Gasteiger charge is -2.17. The number of aromatic carboxylic acids is 2. The summed E-state index contributed by atoms with van der Waals surface area (Å²) in [4.78, 5) is 26.5. The third kappa shape index (κ3) is 5.88. The standard InChI is InChI=1S/C24H22N8O6/c25-9-12-5-19(17(26)10-31(28)13-1-3-15(23(35)36)21(33)7-13)30-20(6-12)18(27)11-32(29)14-2-4-16(24(37)38)22(34)8-14/h1-8,10-11,33-34H,26-29H2,(H,35,36)(H,37,38)/b17-10-,18-11-. The lowest BCUT2D eigenvalue weighted by molar-refractivity contribution is 0.0682. The molecule has 38 heavy (non-hydrogen) atoms. The molecule has 0 amide bonds. The number of nitriles is 1. The predicted octanol–water partition coefficient (Wildman–Crippen LogP) is 1.04. The van der Waals surface area contributed by atoms with Crippen LogP contribution >= 0.6 is 0 Å². The van der Waals surface area contributed by atoms with Gasteiger partial charge in [0.2, 0.25) is 0 Å². The summed E-state index contributed by atoms with van der Waals surface area (Å²) in [7, 11) is 0. The molecule has 14 heteroatoms. The van der Waals surface area contributed by atoms with Crippen LogP contribution in [0.2, 0.25) is 0 Å². The van der Waals surface area contributed by atoms with Gasteiger partial charge in [0.1, 0.15) is 22.6 Å². The van der Waals surface area contributed by atoms with Crippen LogP contribution < -0.4 is 33.2 Å². The number of aromatic nitrogens is 1. The number of nitrogens with zero attached hydrogens (tertiary/aromatic N) is 4. The average Bonchev–Trinajstić information content (AvgIpc) is 2.87. The summed E-state index contributed by atoms with van der Waals surface area (Å²) in [5.41, 5.74) is 12.4. The molecule has 1 aromatic heterocycles. The first-order valence-electron chi connectivity index (χ1n) is 10.5. The monoisotopic (exact) mass is 518 g/mol. The average molecular weight is 518 g/mol. The molecule has 0 aliphatic rings. The van der Waals surface area contributed by atoms with Crippen molar-refractivity contribution in [2.45, 2.75) is 0 Å². The normalized spacial score (nSPS) is 11.5. The number of phenols is 2. The summed E-state index contributed by atoms with van der Waals surface area (Å²) < 4.78 is 0. The van der Waals surface area contributed by atoms with Crippen LogP contribution in [0.25, 0.3) is 11.4 Å². The van der Waals surface area contributed by atoms with Crippen molar-refractivity contribution in [1.82, 2.24) is 4.98 Å². The molecule has 0 spiro atoms. The summed E-state index contributed by atoms with van der Waals surface area (Å²) >= 11 is 0. The zero-order valence-corrected chi connectivity index (χ0v) is 19.5. The topological polar surface area (TPSA) is 262 Å².